The molecule has 0 radical (unpaired) electrons. The summed E-state index contributed by atoms with van der Waals surface area (Å²) in [6, 6.07) is 7.31. The Morgan fingerprint density at radius 1 is 1.39 bits per heavy atom. The predicted octanol–water partition coefficient (Wildman–Crippen LogP) is 2.80. The highest BCUT2D eigenvalue weighted by molar-refractivity contribution is 6.35. The van der Waals surface area contributed by atoms with E-state index in [1.165, 1.54) is 19.1 Å². The van der Waals surface area contributed by atoms with Crippen molar-refractivity contribution >= 4 is 46.1 Å². The summed E-state index contributed by atoms with van der Waals surface area (Å²) in [5.74, 6) is -0.361. The van der Waals surface area contributed by atoms with Gasteiger partial charge in [-0.05, 0) is 25.1 Å². The number of allylic oxidation sites excluding steroid dienone is 2. The van der Waals surface area contributed by atoms with Crippen LogP contribution in [0.1, 0.15) is 6.92 Å². The number of nitrogens with zero attached hydrogens (tertiary/aromatic N) is 2. The van der Waals surface area contributed by atoms with Gasteiger partial charge in [0.2, 0.25) is 0 Å². The predicted molar refractivity (Wildman–Crippen MR) is 93.6 cm³/mol. The first kappa shape index (κ1) is 15.4. The highest BCUT2D eigenvalue weighted by Gasteiger charge is 2.13. The Morgan fingerprint density at radius 2 is 2.09 bits per heavy atom. The minimum atomic E-state index is -0.361. The van der Waals surface area contributed by atoms with Crippen molar-refractivity contribution < 1.29 is 4.39 Å². The van der Waals surface area contributed by atoms with E-state index >= 15 is 0 Å². The second kappa shape index (κ2) is 5.63. The molecule has 0 saturated carbocycles. The number of aromatic nitrogens is 2. The van der Waals surface area contributed by atoms with Crippen LogP contribution in [0.5, 0.6) is 0 Å². The van der Waals surface area contributed by atoms with E-state index in [-0.39, 0.29) is 16.4 Å². The second-order valence-electron chi connectivity index (χ2n) is 5.32. The summed E-state index contributed by atoms with van der Waals surface area (Å²) < 4.78 is 14.8. The molecule has 5 heteroatoms. The van der Waals surface area contributed by atoms with Gasteiger partial charge in [-0.25, -0.2) is 9.37 Å². The Morgan fingerprint density at radius 3 is 2.78 bits per heavy atom. The van der Waals surface area contributed by atoms with Crippen molar-refractivity contribution in [2.24, 2.45) is 7.05 Å². The van der Waals surface area contributed by atoms with E-state index < -0.39 is 0 Å². The summed E-state index contributed by atoms with van der Waals surface area (Å²) in [5.41, 5.74) is 0.936. The number of benzene rings is 1. The SMILES string of the molecule is C=c1c(=O)c2c3ccccc3nc(Cl)c2n(C)/c1=C/C=C(\C)F. The summed E-state index contributed by atoms with van der Waals surface area (Å²) >= 11 is 6.31. The zero-order valence-electron chi connectivity index (χ0n) is 12.7. The molecule has 0 N–H and O–H groups in total. The third-order valence-electron chi connectivity index (χ3n) is 3.80. The fraction of sp³-hybridized carbons (Fsp3) is 0.111. The highest BCUT2D eigenvalue weighted by atomic mass is 35.5. The Bertz CT molecular complexity index is 1140. The summed E-state index contributed by atoms with van der Waals surface area (Å²) in [6.07, 6.45) is 2.81. The van der Waals surface area contributed by atoms with Crippen LogP contribution in [0.4, 0.5) is 4.39 Å². The smallest absolute Gasteiger partial charge is 0.197 e. The molecule has 3 nitrogen and oxygen atoms in total. The van der Waals surface area contributed by atoms with Gasteiger partial charge in [0.05, 0.1) is 27.6 Å². The summed E-state index contributed by atoms with van der Waals surface area (Å²) in [4.78, 5) is 17.2. The number of pyridine rings is 2. The van der Waals surface area contributed by atoms with Gasteiger partial charge < -0.3 is 4.57 Å². The normalized spacial score (nSPS) is 13.2. The van der Waals surface area contributed by atoms with E-state index in [0.717, 1.165) is 5.39 Å². The van der Waals surface area contributed by atoms with Crippen LogP contribution in [-0.2, 0) is 7.05 Å². The van der Waals surface area contributed by atoms with Crippen molar-refractivity contribution in [3.8, 4) is 0 Å². The van der Waals surface area contributed by atoms with Crippen LogP contribution in [0.15, 0.2) is 41.0 Å². The van der Waals surface area contributed by atoms with Crippen LogP contribution in [0.2, 0.25) is 5.15 Å². The van der Waals surface area contributed by atoms with Gasteiger partial charge in [0, 0.05) is 17.7 Å². The molecule has 23 heavy (non-hydrogen) atoms. The first-order valence-electron chi connectivity index (χ1n) is 7.02. The molecule has 116 valence electrons. The molecule has 0 amide bonds. The summed E-state index contributed by atoms with van der Waals surface area (Å²) in [7, 11) is 1.76. The molecule has 0 bridgehead atoms. The fourth-order valence-corrected chi connectivity index (χ4v) is 3.02. The lowest BCUT2D eigenvalue weighted by Gasteiger charge is -2.11. The number of halogens is 2. The second-order valence-corrected chi connectivity index (χ2v) is 5.67. The molecule has 0 aliphatic rings. The largest absolute Gasteiger partial charge is 0.341 e. The zero-order valence-corrected chi connectivity index (χ0v) is 13.5. The van der Waals surface area contributed by atoms with Crippen LogP contribution in [0.3, 0.4) is 0 Å². The van der Waals surface area contributed by atoms with E-state index in [9.17, 15) is 9.18 Å². The quantitative estimate of drug-likeness (QED) is 0.508. The van der Waals surface area contributed by atoms with Gasteiger partial charge >= 0.3 is 0 Å². The molecule has 2 aromatic heterocycles. The van der Waals surface area contributed by atoms with Crippen LogP contribution < -0.4 is 16.0 Å². The third-order valence-corrected chi connectivity index (χ3v) is 4.07. The third kappa shape index (κ3) is 2.45. The minimum Gasteiger partial charge on any atom is -0.341 e. The van der Waals surface area contributed by atoms with Crippen molar-refractivity contribution in [3.05, 3.63) is 62.1 Å². The fourth-order valence-electron chi connectivity index (χ4n) is 2.70. The summed E-state index contributed by atoms with van der Waals surface area (Å²) in [5, 5.41) is 2.23. The number of aryl methyl sites for hydroxylation is 1. The lowest BCUT2D eigenvalue weighted by Crippen LogP contribution is -2.43. The Kier molecular flexibility index (Phi) is 3.78. The van der Waals surface area contributed by atoms with Crippen LogP contribution >= 0.6 is 11.6 Å². The van der Waals surface area contributed by atoms with E-state index in [4.69, 9.17) is 11.6 Å². The maximum atomic E-state index is 13.0. The average molecular weight is 329 g/mol. The summed E-state index contributed by atoms with van der Waals surface area (Å²) in [6.45, 7) is 5.20. The highest BCUT2D eigenvalue weighted by Crippen LogP contribution is 2.25. The molecular formula is C18H14ClFN2O. The van der Waals surface area contributed by atoms with Gasteiger partial charge in [0.25, 0.3) is 0 Å². The number of rotatable bonds is 1. The molecule has 0 saturated heterocycles. The van der Waals surface area contributed by atoms with Crippen LogP contribution in [0, 0.1) is 0 Å². The van der Waals surface area contributed by atoms with Gasteiger partial charge in [0.1, 0.15) is 0 Å². The van der Waals surface area contributed by atoms with Crippen LogP contribution in [0.25, 0.3) is 34.5 Å². The molecule has 0 atom stereocenters. The maximum absolute atomic E-state index is 13.0. The van der Waals surface area contributed by atoms with Crippen molar-refractivity contribution in [2.75, 3.05) is 0 Å². The van der Waals surface area contributed by atoms with E-state index in [1.54, 1.807) is 17.7 Å². The Hall–Kier alpha value is -2.46. The number of hydrogen-bond donors (Lipinski definition) is 0. The van der Waals surface area contributed by atoms with E-state index in [0.29, 0.717) is 27.0 Å². The Labute approximate surface area is 136 Å². The molecular weight excluding hydrogens is 315 g/mol. The molecule has 0 aliphatic carbocycles. The van der Waals surface area contributed by atoms with E-state index in [2.05, 4.69) is 11.6 Å². The van der Waals surface area contributed by atoms with Crippen molar-refractivity contribution in [2.45, 2.75) is 6.92 Å². The standard InChI is InChI=1S/C18H14ClFN2O/c1-10(20)8-9-14-11(2)17(23)15-12-6-4-5-7-13(12)21-18(19)16(15)22(14)3/h4-9H,2H2,1,3H3/b10-8+,14-9+. The monoisotopic (exact) mass is 328 g/mol. The lowest BCUT2D eigenvalue weighted by atomic mass is 10.1. The molecule has 2 heterocycles. The van der Waals surface area contributed by atoms with Crippen molar-refractivity contribution in [3.63, 3.8) is 0 Å². The Balaban J connectivity index is 2.67. The first-order valence-corrected chi connectivity index (χ1v) is 7.39. The minimum absolute atomic E-state index is 0.227. The number of hydrogen-bond acceptors (Lipinski definition) is 2. The van der Waals surface area contributed by atoms with Gasteiger partial charge in [-0.2, -0.15) is 0 Å². The molecule has 3 aromatic rings. The zero-order chi connectivity index (χ0) is 16.7. The molecule has 3 rings (SSSR count). The first-order chi connectivity index (χ1) is 10.9. The van der Waals surface area contributed by atoms with Gasteiger partial charge in [-0.3, -0.25) is 4.79 Å². The molecule has 1 aromatic carbocycles. The van der Waals surface area contributed by atoms with Crippen molar-refractivity contribution in [1.29, 1.82) is 0 Å². The van der Waals surface area contributed by atoms with Crippen molar-refractivity contribution in [1.82, 2.24) is 9.55 Å². The maximum Gasteiger partial charge on any atom is 0.197 e. The topological polar surface area (TPSA) is 34.9 Å². The number of para-hydroxylation sites is 1. The van der Waals surface area contributed by atoms with Crippen LogP contribution in [-0.4, -0.2) is 9.55 Å². The number of fused-ring (bicyclic) bond motifs is 3. The molecule has 0 aliphatic heterocycles. The van der Waals surface area contributed by atoms with Gasteiger partial charge in [-0.1, -0.05) is 36.4 Å². The molecule has 0 unspecified atom stereocenters. The van der Waals surface area contributed by atoms with Gasteiger partial charge in [-0.15, -0.1) is 0 Å². The molecule has 0 spiro atoms. The van der Waals surface area contributed by atoms with Gasteiger partial charge in [0.15, 0.2) is 10.6 Å². The van der Waals surface area contributed by atoms with E-state index in [1.807, 2.05) is 18.2 Å². The lowest BCUT2D eigenvalue weighted by molar-refractivity contribution is 0.641. The molecule has 0 fully saturated rings. The average Bonchev–Trinajstić information content (AvgIpc) is 2.51.